The molecule has 0 spiro atoms. The van der Waals surface area contributed by atoms with Gasteiger partial charge in [-0.05, 0) is 36.4 Å². The first-order chi connectivity index (χ1) is 15.5. The molecule has 0 radical (unpaired) electrons. The lowest BCUT2D eigenvalue weighted by molar-refractivity contribution is 0.170. The molecule has 0 saturated carbocycles. The van der Waals surface area contributed by atoms with Crippen molar-refractivity contribution in [2.75, 3.05) is 39.4 Å². The molecule has 10 heteroatoms. The summed E-state index contributed by atoms with van der Waals surface area (Å²) in [6, 6.07) is 11.1. The van der Waals surface area contributed by atoms with Crippen LogP contribution in [0.5, 0.6) is 11.5 Å². The minimum Gasteiger partial charge on any atom is -0.486 e. The summed E-state index contributed by atoms with van der Waals surface area (Å²) in [4.78, 5) is 7.08. The van der Waals surface area contributed by atoms with Crippen LogP contribution in [0, 0.1) is 5.82 Å². The average Bonchev–Trinajstić information content (AvgIpc) is 3.28. The van der Waals surface area contributed by atoms with Crippen LogP contribution in [-0.4, -0.2) is 62.0 Å². The highest BCUT2D eigenvalue weighted by molar-refractivity contribution is 7.89. The zero-order chi connectivity index (χ0) is 22.1. The van der Waals surface area contributed by atoms with Crippen molar-refractivity contribution >= 4 is 21.4 Å². The Hall–Kier alpha value is -2.53. The first-order valence-corrected chi connectivity index (χ1v) is 12.6. The van der Waals surface area contributed by atoms with Crippen LogP contribution < -0.4 is 9.47 Å². The van der Waals surface area contributed by atoms with E-state index in [1.54, 1.807) is 41.7 Å². The van der Waals surface area contributed by atoms with Crippen molar-refractivity contribution in [1.29, 1.82) is 0 Å². The van der Waals surface area contributed by atoms with E-state index in [9.17, 15) is 12.8 Å². The normalized spacial score (nSPS) is 17.4. The largest absolute Gasteiger partial charge is 0.486 e. The molecular formula is C22H22FN3O4S2. The molecule has 3 aromatic rings. The molecule has 0 bridgehead atoms. The van der Waals surface area contributed by atoms with Crippen LogP contribution in [0.15, 0.2) is 52.7 Å². The van der Waals surface area contributed by atoms with E-state index in [0.29, 0.717) is 57.4 Å². The summed E-state index contributed by atoms with van der Waals surface area (Å²) in [6.45, 7) is 3.59. The van der Waals surface area contributed by atoms with Gasteiger partial charge in [0, 0.05) is 43.2 Å². The van der Waals surface area contributed by atoms with Gasteiger partial charge >= 0.3 is 0 Å². The molecule has 1 aromatic heterocycles. The number of halogens is 1. The fraction of sp³-hybridized carbons (Fsp3) is 0.318. The Kier molecular flexibility index (Phi) is 5.85. The first kappa shape index (κ1) is 21.3. The van der Waals surface area contributed by atoms with E-state index in [1.807, 2.05) is 5.38 Å². The number of sulfonamides is 1. The molecule has 0 N–H and O–H groups in total. The van der Waals surface area contributed by atoms with Crippen LogP contribution in [0.4, 0.5) is 4.39 Å². The minimum absolute atomic E-state index is 0.221. The van der Waals surface area contributed by atoms with Gasteiger partial charge in [-0.3, -0.25) is 4.90 Å². The molecule has 0 aliphatic carbocycles. The number of rotatable bonds is 5. The van der Waals surface area contributed by atoms with Crippen molar-refractivity contribution in [3.8, 4) is 22.8 Å². The number of benzene rings is 2. The van der Waals surface area contributed by atoms with Gasteiger partial charge in [-0.2, -0.15) is 4.31 Å². The van der Waals surface area contributed by atoms with Crippen molar-refractivity contribution in [2.24, 2.45) is 0 Å². The van der Waals surface area contributed by atoms with Crippen molar-refractivity contribution in [3.63, 3.8) is 0 Å². The van der Waals surface area contributed by atoms with Crippen LogP contribution in [-0.2, 0) is 16.6 Å². The van der Waals surface area contributed by atoms with Gasteiger partial charge in [0.15, 0.2) is 11.5 Å². The molecule has 2 aromatic carbocycles. The van der Waals surface area contributed by atoms with Crippen molar-refractivity contribution in [1.82, 2.24) is 14.2 Å². The number of piperazine rings is 1. The molecule has 0 amide bonds. The van der Waals surface area contributed by atoms with E-state index >= 15 is 0 Å². The summed E-state index contributed by atoms with van der Waals surface area (Å²) in [5.41, 5.74) is 1.70. The van der Waals surface area contributed by atoms with Gasteiger partial charge in [-0.25, -0.2) is 17.8 Å². The summed E-state index contributed by atoms with van der Waals surface area (Å²) in [6.07, 6.45) is 0. The highest BCUT2D eigenvalue weighted by Crippen LogP contribution is 2.33. The predicted octanol–water partition coefficient (Wildman–Crippen LogP) is 3.23. The fourth-order valence-corrected chi connectivity index (χ4v) is 6.07. The molecule has 3 heterocycles. The van der Waals surface area contributed by atoms with E-state index in [-0.39, 0.29) is 10.7 Å². The molecule has 2 aliphatic rings. The maximum atomic E-state index is 13.1. The standard InChI is InChI=1S/C22H22FN3O4S2/c23-17-3-1-16(2-4-17)19-15-31-22(24-19)14-25-7-9-26(10-8-25)32(27,28)18-5-6-20-21(13-18)30-12-11-29-20/h1-6,13,15H,7-12,14H2. The smallest absolute Gasteiger partial charge is 0.243 e. The number of hydrogen-bond acceptors (Lipinski definition) is 7. The Morgan fingerprint density at radius 1 is 0.969 bits per heavy atom. The number of aromatic nitrogens is 1. The Morgan fingerprint density at radius 3 is 2.44 bits per heavy atom. The van der Waals surface area contributed by atoms with Gasteiger partial charge in [0.25, 0.3) is 0 Å². The average molecular weight is 476 g/mol. The zero-order valence-electron chi connectivity index (χ0n) is 17.2. The van der Waals surface area contributed by atoms with Crippen LogP contribution in [0.1, 0.15) is 5.01 Å². The van der Waals surface area contributed by atoms with Crippen LogP contribution in [0.2, 0.25) is 0 Å². The lowest BCUT2D eigenvalue weighted by Gasteiger charge is -2.33. The number of thiazole rings is 1. The highest BCUT2D eigenvalue weighted by Gasteiger charge is 2.30. The van der Waals surface area contributed by atoms with E-state index < -0.39 is 10.0 Å². The molecule has 5 rings (SSSR count). The second-order valence-corrected chi connectivity index (χ2v) is 10.5. The summed E-state index contributed by atoms with van der Waals surface area (Å²) >= 11 is 1.55. The summed E-state index contributed by atoms with van der Waals surface area (Å²) in [5, 5.41) is 2.91. The molecule has 32 heavy (non-hydrogen) atoms. The van der Waals surface area contributed by atoms with Crippen molar-refractivity contribution < 1.29 is 22.3 Å². The summed E-state index contributed by atoms with van der Waals surface area (Å²) in [5.74, 6) is 0.772. The molecule has 2 aliphatic heterocycles. The van der Waals surface area contributed by atoms with Gasteiger partial charge in [-0.15, -0.1) is 11.3 Å². The number of fused-ring (bicyclic) bond motifs is 1. The van der Waals surface area contributed by atoms with Crippen LogP contribution >= 0.6 is 11.3 Å². The summed E-state index contributed by atoms with van der Waals surface area (Å²) in [7, 11) is -3.60. The zero-order valence-corrected chi connectivity index (χ0v) is 18.9. The highest BCUT2D eigenvalue weighted by atomic mass is 32.2. The third-order valence-corrected chi connectivity index (χ3v) is 8.26. The van der Waals surface area contributed by atoms with E-state index in [0.717, 1.165) is 16.3 Å². The second kappa shape index (κ2) is 8.78. The number of ether oxygens (including phenoxy) is 2. The van der Waals surface area contributed by atoms with Gasteiger partial charge in [0.05, 0.1) is 17.1 Å². The van der Waals surface area contributed by atoms with Gasteiger partial charge in [0.2, 0.25) is 10.0 Å². The summed E-state index contributed by atoms with van der Waals surface area (Å²) < 4.78 is 51.8. The van der Waals surface area contributed by atoms with Crippen LogP contribution in [0.25, 0.3) is 11.3 Å². The fourth-order valence-electron chi connectivity index (χ4n) is 3.79. The molecule has 168 valence electrons. The molecule has 7 nitrogen and oxygen atoms in total. The number of hydrogen-bond donors (Lipinski definition) is 0. The van der Waals surface area contributed by atoms with Crippen molar-refractivity contribution in [2.45, 2.75) is 11.4 Å². The Labute approximate surface area is 190 Å². The van der Waals surface area contributed by atoms with Gasteiger partial charge in [0.1, 0.15) is 24.0 Å². The lowest BCUT2D eigenvalue weighted by Crippen LogP contribution is -2.48. The Bertz CT molecular complexity index is 1210. The minimum atomic E-state index is -3.60. The van der Waals surface area contributed by atoms with Gasteiger partial charge in [-0.1, -0.05) is 0 Å². The molecule has 0 unspecified atom stereocenters. The molecule has 0 atom stereocenters. The predicted molar refractivity (Wildman–Crippen MR) is 119 cm³/mol. The van der Waals surface area contributed by atoms with Crippen LogP contribution in [0.3, 0.4) is 0 Å². The number of nitrogens with zero attached hydrogens (tertiary/aromatic N) is 3. The third-order valence-electron chi connectivity index (χ3n) is 5.53. The monoisotopic (exact) mass is 475 g/mol. The lowest BCUT2D eigenvalue weighted by atomic mass is 10.2. The molecule has 1 fully saturated rings. The SMILES string of the molecule is O=S(=O)(c1ccc2c(c1)OCCO2)N1CCN(Cc2nc(-c3ccc(F)cc3)cs2)CC1. The van der Waals surface area contributed by atoms with E-state index in [2.05, 4.69) is 9.88 Å². The third kappa shape index (κ3) is 4.36. The van der Waals surface area contributed by atoms with Crippen molar-refractivity contribution in [3.05, 3.63) is 58.7 Å². The Morgan fingerprint density at radius 2 is 1.69 bits per heavy atom. The molecule has 1 saturated heterocycles. The van der Waals surface area contributed by atoms with Gasteiger partial charge < -0.3 is 9.47 Å². The second-order valence-electron chi connectivity index (χ2n) is 7.62. The maximum absolute atomic E-state index is 13.1. The molecular weight excluding hydrogens is 453 g/mol. The van der Waals surface area contributed by atoms with E-state index in [4.69, 9.17) is 9.47 Å². The topological polar surface area (TPSA) is 72.0 Å². The quantitative estimate of drug-likeness (QED) is 0.564. The first-order valence-electron chi connectivity index (χ1n) is 10.3. The maximum Gasteiger partial charge on any atom is 0.243 e. The van der Waals surface area contributed by atoms with E-state index in [1.165, 1.54) is 16.4 Å². The Balaban J connectivity index is 1.21.